The standard InChI is InChI=1S/C21H25NO3/c23-15-17-11-13-18(14-12-17)16-25-21(24)22(19-7-3-1-4-8-19)20-9-5-2-6-10-20/h1-10,17-18,23H,11-16H2/t17-,18-. The van der Waals surface area contributed by atoms with Crippen molar-refractivity contribution in [3.63, 3.8) is 0 Å². The first-order valence-corrected chi connectivity index (χ1v) is 8.95. The van der Waals surface area contributed by atoms with Crippen LogP contribution in [0.15, 0.2) is 60.7 Å². The normalized spacial score (nSPS) is 20.0. The number of carbonyl (C=O) groups excluding carboxylic acids is 1. The van der Waals surface area contributed by atoms with Crippen molar-refractivity contribution in [1.82, 2.24) is 0 Å². The van der Waals surface area contributed by atoms with Crippen LogP contribution in [0.1, 0.15) is 25.7 Å². The number of hydrogen-bond donors (Lipinski definition) is 1. The molecule has 1 aliphatic rings. The lowest BCUT2D eigenvalue weighted by atomic mass is 9.83. The van der Waals surface area contributed by atoms with Crippen LogP contribution in [0.4, 0.5) is 16.2 Å². The summed E-state index contributed by atoms with van der Waals surface area (Å²) in [5.74, 6) is 0.803. The molecule has 3 rings (SSSR count). The first-order valence-electron chi connectivity index (χ1n) is 8.95. The van der Waals surface area contributed by atoms with E-state index < -0.39 is 0 Å². The van der Waals surface area contributed by atoms with Gasteiger partial charge in [0.25, 0.3) is 0 Å². The van der Waals surface area contributed by atoms with E-state index in [0.717, 1.165) is 37.1 Å². The largest absolute Gasteiger partial charge is 0.449 e. The van der Waals surface area contributed by atoms with Crippen LogP contribution in [0.3, 0.4) is 0 Å². The number of anilines is 2. The molecule has 0 unspecified atom stereocenters. The lowest BCUT2D eigenvalue weighted by Gasteiger charge is -2.28. The number of hydrogen-bond acceptors (Lipinski definition) is 3. The number of aliphatic hydroxyl groups excluding tert-OH is 1. The Morgan fingerprint density at radius 2 is 1.36 bits per heavy atom. The molecule has 0 aliphatic heterocycles. The Labute approximate surface area is 149 Å². The van der Waals surface area contributed by atoms with Crippen molar-refractivity contribution in [2.24, 2.45) is 11.8 Å². The third-order valence-electron chi connectivity index (χ3n) is 4.88. The maximum absolute atomic E-state index is 12.8. The van der Waals surface area contributed by atoms with E-state index in [1.807, 2.05) is 60.7 Å². The van der Waals surface area contributed by atoms with E-state index in [0.29, 0.717) is 18.4 Å². The van der Waals surface area contributed by atoms with Gasteiger partial charge in [-0.2, -0.15) is 0 Å². The molecule has 0 spiro atoms. The van der Waals surface area contributed by atoms with Crippen LogP contribution in [0.25, 0.3) is 0 Å². The highest BCUT2D eigenvalue weighted by atomic mass is 16.6. The molecule has 0 saturated heterocycles. The van der Waals surface area contributed by atoms with Crippen molar-refractivity contribution < 1.29 is 14.6 Å². The van der Waals surface area contributed by atoms with E-state index in [1.54, 1.807) is 4.90 Å². The molecule has 25 heavy (non-hydrogen) atoms. The van der Waals surface area contributed by atoms with Gasteiger partial charge in [-0.15, -0.1) is 0 Å². The minimum absolute atomic E-state index is 0.266. The average molecular weight is 339 g/mol. The maximum atomic E-state index is 12.8. The van der Waals surface area contributed by atoms with Crippen molar-refractivity contribution in [1.29, 1.82) is 0 Å². The van der Waals surface area contributed by atoms with Gasteiger partial charge in [0.1, 0.15) is 0 Å². The summed E-state index contributed by atoms with van der Waals surface area (Å²) >= 11 is 0. The molecule has 0 aromatic heterocycles. The van der Waals surface area contributed by atoms with Gasteiger partial charge in [-0.1, -0.05) is 36.4 Å². The Bertz CT molecular complexity index is 612. The molecule has 1 amide bonds. The average Bonchev–Trinajstić information content (AvgIpc) is 2.69. The van der Waals surface area contributed by atoms with Crippen molar-refractivity contribution in [2.45, 2.75) is 25.7 Å². The highest BCUT2D eigenvalue weighted by Gasteiger charge is 2.24. The number of aliphatic hydroxyl groups is 1. The van der Waals surface area contributed by atoms with Gasteiger partial charge in [-0.3, -0.25) is 0 Å². The van der Waals surface area contributed by atoms with Gasteiger partial charge >= 0.3 is 6.09 Å². The fourth-order valence-corrected chi connectivity index (χ4v) is 3.35. The fraction of sp³-hybridized carbons (Fsp3) is 0.381. The van der Waals surface area contributed by atoms with E-state index in [4.69, 9.17) is 4.74 Å². The second-order valence-electron chi connectivity index (χ2n) is 6.65. The summed E-state index contributed by atoms with van der Waals surface area (Å²) in [7, 11) is 0. The molecule has 2 aromatic rings. The van der Waals surface area contributed by atoms with Crippen LogP contribution in [-0.4, -0.2) is 24.4 Å². The zero-order valence-electron chi connectivity index (χ0n) is 14.4. The highest BCUT2D eigenvalue weighted by molar-refractivity contribution is 5.95. The Kier molecular flexibility index (Phi) is 6.07. The van der Waals surface area contributed by atoms with Crippen molar-refractivity contribution in [3.05, 3.63) is 60.7 Å². The van der Waals surface area contributed by atoms with Gasteiger partial charge in [-0.05, 0) is 61.8 Å². The van der Waals surface area contributed by atoms with Crippen LogP contribution in [0, 0.1) is 11.8 Å². The van der Waals surface area contributed by atoms with Crippen LogP contribution in [-0.2, 0) is 4.74 Å². The van der Waals surface area contributed by atoms with Gasteiger partial charge in [0.05, 0.1) is 18.0 Å². The Hall–Kier alpha value is -2.33. The molecule has 4 nitrogen and oxygen atoms in total. The van der Waals surface area contributed by atoms with Crippen LogP contribution < -0.4 is 4.90 Å². The van der Waals surface area contributed by atoms with Gasteiger partial charge in [0.2, 0.25) is 0 Å². The topological polar surface area (TPSA) is 49.8 Å². The van der Waals surface area contributed by atoms with E-state index >= 15 is 0 Å². The summed E-state index contributed by atoms with van der Waals surface area (Å²) in [6, 6.07) is 19.1. The SMILES string of the molecule is O=C(OC[C@H]1CC[C@H](CO)CC1)N(c1ccccc1)c1ccccc1. The zero-order valence-corrected chi connectivity index (χ0v) is 14.4. The van der Waals surface area contributed by atoms with Crippen LogP contribution in [0.5, 0.6) is 0 Å². The summed E-state index contributed by atoms with van der Waals surface area (Å²) < 4.78 is 5.65. The number of rotatable bonds is 5. The molecule has 1 fully saturated rings. The first kappa shape index (κ1) is 17.5. The molecule has 1 N–H and O–H groups in total. The predicted molar refractivity (Wildman–Crippen MR) is 98.9 cm³/mol. The van der Waals surface area contributed by atoms with Crippen molar-refractivity contribution in [2.75, 3.05) is 18.1 Å². The fourth-order valence-electron chi connectivity index (χ4n) is 3.35. The van der Waals surface area contributed by atoms with Crippen molar-refractivity contribution >= 4 is 17.5 Å². The third-order valence-corrected chi connectivity index (χ3v) is 4.88. The molecular formula is C21H25NO3. The Morgan fingerprint density at radius 1 is 0.880 bits per heavy atom. The third kappa shape index (κ3) is 4.60. The molecule has 1 aliphatic carbocycles. The van der Waals surface area contributed by atoms with Gasteiger partial charge in [0, 0.05) is 6.61 Å². The number of benzene rings is 2. The first-order chi connectivity index (χ1) is 12.3. The molecule has 1 saturated carbocycles. The predicted octanol–water partition coefficient (Wildman–Crippen LogP) is 4.76. The molecule has 0 radical (unpaired) electrons. The summed E-state index contributed by atoms with van der Waals surface area (Å²) in [6.07, 6.45) is 3.70. The summed E-state index contributed by atoms with van der Waals surface area (Å²) in [6.45, 7) is 0.704. The lowest BCUT2D eigenvalue weighted by Crippen LogP contribution is -2.29. The number of para-hydroxylation sites is 2. The van der Waals surface area contributed by atoms with E-state index in [9.17, 15) is 9.90 Å². The van der Waals surface area contributed by atoms with Crippen molar-refractivity contribution in [3.8, 4) is 0 Å². The molecular weight excluding hydrogens is 314 g/mol. The zero-order chi connectivity index (χ0) is 17.5. The Morgan fingerprint density at radius 3 is 1.84 bits per heavy atom. The number of carbonyl (C=O) groups is 1. The minimum atomic E-state index is -0.346. The summed E-state index contributed by atoms with van der Waals surface area (Å²) in [4.78, 5) is 14.4. The number of amides is 1. The van der Waals surface area contributed by atoms with Crippen LogP contribution in [0.2, 0.25) is 0 Å². The number of ether oxygens (including phenoxy) is 1. The molecule has 0 bridgehead atoms. The quantitative estimate of drug-likeness (QED) is 0.854. The smallest absolute Gasteiger partial charge is 0.418 e. The molecule has 2 aromatic carbocycles. The summed E-state index contributed by atoms with van der Waals surface area (Å²) in [5, 5.41) is 9.23. The van der Waals surface area contributed by atoms with E-state index in [1.165, 1.54) is 0 Å². The molecule has 0 heterocycles. The minimum Gasteiger partial charge on any atom is -0.449 e. The van der Waals surface area contributed by atoms with E-state index in [2.05, 4.69) is 0 Å². The van der Waals surface area contributed by atoms with E-state index in [-0.39, 0.29) is 12.7 Å². The summed E-state index contributed by atoms with van der Waals surface area (Å²) in [5.41, 5.74) is 1.59. The highest BCUT2D eigenvalue weighted by Crippen LogP contribution is 2.30. The molecule has 0 atom stereocenters. The second kappa shape index (κ2) is 8.67. The van der Waals surface area contributed by atoms with Crippen LogP contribution >= 0.6 is 0 Å². The number of nitrogens with zero attached hydrogens (tertiary/aromatic N) is 1. The lowest BCUT2D eigenvalue weighted by molar-refractivity contribution is 0.104. The maximum Gasteiger partial charge on any atom is 0.418 e. The monoisotopic (exact) mass is 339 g/mol. The second-order valence-corrected chi connectivity index (χ2v) is 6.65. The molecule has 132 valence electrons. The van der Waals surface area contributed by atoms with Gasteiger partial charge < -0.3 is 9.84 Å². The molecule has 4 heteroatoms. The van der Waals surface area contributed by atoms with Gasteiger partial charge in [-0.25, -0.2) is 9.69 Å². The van der Waals surface area contributed by atoms with Gasteiger partial charge in [0.15, 0.2) is 0 Å². The Balaban J connectivity index is 1.66.